The van der Waals surface area contributed by atoms with Gasteiger partial charge < -0.3 is 25.2 Å². The highest BCUT2D eigenvalue weighted by Crippen LogP contribution is 2.38. The molecular formula is C27H25F2N7O4. The summed E-state index contributed by atoms with van der Waals surface area (Å²) in [5.74, 6) is 0.256. The highest BCUT2D eigenvalue weighted by molar-refractivity contribution is 6.09. The zero-order chi connectivity index (χ0) is 27.9. The van der Waals surface area contributed by atoms with E-state index in [1.807, 2.05) is 18.2 Å². The molecule has 13 heteroatoms. The van der Waals surface area contributed by atoms with Gasteiger partial charge in [-0.15, -0.1) is 0 Å². The van der Waals surface area contributed by atoms with E-state index in [1.165, 1.54) is 35.1 Å². The molecule has 1 amide bonds. The Morgan fingerprint density at radius 1 is 1.10 bits per heavy atom. The third-order valence-electron chi connectivity index (χ3n) is 5.86. The summed E-state index contributed by atoms with van der Waals surface area (Å²) in [7, 11) is 0. The lowest BCUT2D eigenvalue weighted by atomic mass is 10.1. The summed E-state index contributed by atoms with van der Waals surface area (Å²) in [5, 5.41) is 25.6. The molecule has 0 atom stereocenters. The van der Waals surface area contributed by atoms with Crippen LogP contribution < -0.4 is 20.1 Å². The van der Waals surface area contributed by atoms with Crippen LogP contribution in [0.25, 0.3) is 16.9 Å². The van der Waals surface area contributed by atoms with E-state index in [4.69, 9.17) is 14.6 Å². The van der Waals surface area contributed by atoms with Gasteiger partial charge in [0.2, 0.25) is 0 Å². The maximum absolute atomic E-state index is 13.2. The highest BCUT2D eigenvalue weighted by atomic mass is 19.3. The molecule has 11 nitrogen and oxygen atoms in total. The Morgan fingerprint density at radius 2 is 1.98 bits per heavy atom. The van der Waals surface area contributed by atoms with Gasteiger partial charge in [0, 0.05) is 24.5 Å². The van der Waals surface area contributed by atoms with Gasteiger partial charge in [0.15, 0.2) is 5.65 Å². The first kappa shape index (κ1) is 26.7. The summed E-state index contributed by atoms with van der Waals surface area (Å²) < 4.78 is 38.7. The number of carbonyl (C=O) groups excluding carboxylic acids is 1. The van der Waals surface area contributed by atoms with Crippen LogP contribution in [0, 0.1) is 0 Å². The summed E-state index contributed by atoms with van der Waals surface area (Å²) in [4.78, 5) is 17.2. The number of benzene rings is 2. The number of H-pyrrole nitrogens is 1. The molecule has 0 saturated carbocycles. The van der Waals surface area contributed by atoms with Crippen LogP contribution in [0.4, 0.5) is 14.5 Å². The van der Waals surface area contributed by atoms with Gasteiger partial charge in [-0.25, -0.2) is 9.50 Å². The molecule has 0 fully saturated rings. The van der Waals surface area contributed by atoms with Gasteiger partial charge in [0.1, 0.15) is 22.8 Å². The van der Waals surface area contributed by atoms with Gasteiger partial charge in [0.05, 0.1) is 30.4 Å². The fourth-order valence-electron chi connectivity index (χ4n) is 4.07. The minimum atomic E-state index is -3.08. The fraction of sp³-hybridized carbons (Fsp3) is 0.185. The average molecular weight is 550 g/mol. The number of aliphatic hydroxyl groups excluding tert-OH is 1. The molecular weight excluding hydrogens is 524 g/mol. The lowest BCUT2D eigenvalue weighted by Gasteiger charge is -2.14. The summed E-state index contributed by atoms with van der Waals surface area (Å²) >= 11 is 0. The average Bonchev–Trinajstić information content (AvgIpc) is 3.59. The van der Waals surface area contributed by atoms with Gasteiger partial charge >= 0.3 is 6.61 Å². The summed E-state index contributed by atoms with van der Waals surface area (Å²) in [6, 6.07) is 13.5. The van der Waals surface area contributed by atoms with Crippen molar-refractivity contribution in [2.24, 2.45) is 0 Å². The van der Waals surface area contributed by atoms with E-state index in [9.17, 15) is 13.6 Å². The number of fused-ring (bicyclic) bond motifs is 1. The highest BCUT2D eigenvalue weighted by Gasteiger charge is 2.21. The number of nitrogens with one attached hydrogen (secondary N) is 3. The van der Waals surface area contributed by atoms with Crippen molar-refractivity contribution in [1.82, 2.24) is 30.1 Å². The summed E-state index contributed by atoms with van der Waals surface area (Å²) in [5.41, 5.74) is 2.26. The molecule has 0 aliphatic heterocycles. The predicted octanol–water partition coefficient (Wildman–Crippen LogP) is 3.89. The van der Waals surface area contributed by atoms with E-state index in [2.05, 4.69) is 30.9 Å². The van der Waals surface area contributed by atoms with Crippen LogP contribution >= 0.6 is 0 Å². The third kappa shape index (κ3) is 6.22. The van der Waals surface area contributed by atoms with Crippen molar-refractivity contribution in [2.45, 2.75) is 13.0 Å². The van der Waals surface area contributed by atoms with E-state index in [-0.39, 0.29) is 34.9 Å². The number of aromatic nitrogens is 5. The number of alkyl halides is 2. The van der Waals surface area contributed by atoms with Crippen molar-refractivity contribution < 1.29 is 28.2 Å². The number of carbonyl (C=O) groups is 1. The molecule has 206 valence electrons. The Labute approximate surface area is 226 Å². The minimum absolute atomic E-state index is 0.0659. The maximum Gasteiger partial charge on any atom is 0.387 e. The van der Waals surface area contributed by atoms with Gasteiger partial charge in [-0.1, -0.05) is 12.1 Å². The molecule has 5 rings (SSSR count). The number of anilines is 1. The van der Waals surface area contributed by atoms with Gasteiger partial charge in [0.25, 0.3) is 5.91 Å². The zero-order valence-electron chi connectivity index (χ0n) is 21.1. The smallest absolute Gasteiger partial charge is 0.387 e. The van der Waals surface area contributed by atoms with E-state index < -0.39 is 12.5 Å². The molecule has 3 aromatic heterocycles. The number of hydrogen-bond donors (Lipinski definition) is 4. The van der Waals surface area contributed by atoms with Crippen molar-refractivity contribution >= 4 is 17.2 Å². The molecule has 0 aliphatic carbocycles. The predicted molar refractivity (Wildman–Crippen MR) is 142 cm³/mol. The largest absolute Gasteiger partial charge is 0.457 e. The third-order valence-corrected chi connectivity index (χ3v) is 5.86. The van der Waals surface area contributed by atoms with Crippen molar-refractivity contribution in [3.8, 4) is 28.5 Å². The molecule has 40 heavy (non-hydrogen) atoms. The van der Waals surface area contributed by atoms with Crippen LogP contribution in [0.5, 0.6) is 17.2 Å². The first-order valence-corrected chi connectivity index (χ1v) is 12.3. The first-order chi connectivity index (χ1) is 19.5. The molecule has 0 aliphatic rings. The van der Waals surface area contributed by atoms with Crippen LogP contribution in [-0.2, 0) is 6.42 Å². The van der Waals surface area contributed by atoms with Crippen molar-refractivity contribution in [1.29, 1.82) is 0 Å². The molecule has 2 aromatic carbocycles. The van der Waals surface area contributed by atoms with E-state index in [0.717, 1.165) is 12.0 Å². The van der Waals surface area contributed by atoms with Crippen LogP contribution in [0.15, 0.2) is 73.3 Å². The number of halogens is 2. The van der Waals surface area contributed by atoms with E-state index in [1.54, 1.807) is 24.5 Å². The topological polar surface area (TPSA) is 139 Å². The van der Waals surface area contributed by atoms with Gasteiger partial charge in [-0.3, -0.25) is 9.89 Å². The van der Waals surface area contributed by atoms with Crippen LogP contribution in [0.2, 0.25) is 0 Å². The van der Waals surface area contributed by atoms with Gasteiger partial charge in [-0.2, -0.15) is 19.0 Å². The van der Waals surface area contributed by atoms with Gasteiger partial charge in [-0.05, 0) is 54.9 Å². The Morgan fingerprint density at radius 3 is 2.83 bits per heavy atom. The van der Waals surface area contributed by atoms with E-state index in [0.29, 0.717) is 30.2 Å². The first-order valence-electron chi connectivity index (χ1n) is 12.3. The molecule has 5 aromatic rings. The minimum Gasteiger partial charge on any atom is -0.457 e. The second-order valence-electron chi connectivity index (χ2n) is 8.57. The maximum atomic E-state index is 13.2. The van der Waals surface area contributed by atoms with Crippen molar-refractivity contribution in [3.63, 3.8) is 0 Å². The Kier molecular flexibility index (Phi) is 8.23. The molecule has 4 N–H and O–H groups in total. The molecule has 3 heterocycles. The molecule has 0 radical (unpaired) electrons. The second-order valence-corrected chi connectivity index (χ2v) is 8.57. The molecule has 0 saturated heterocycles. The Hall–Kier alpha value is -4.88. The van der Waals surface area contributed by atoms with Crippen LogP contribution in [0.3, 0.4) is 0 Å². The summed E-state index contributed by atoms with van der Waals surface area (Å²) in [6.45, 7) is -1.81. The number of hydrogen-bond acceptors (Lipinski definition) is 8. The Balaban J connectivity index is 1.40. The number of aromatic amines is 1. The van der Waals surface area contributed by atoms with Crippen molar-refractivity contribution in [2.75, 3.05) is 25.0 Å². The molecule has 0 unspecified atom stereocenters. The van der Waals surface area contributed by atoms with E-state index >= 15 is 0 Å². The lowest BCUT2D eigenvalue weighted by molar-refractivity contribution is -0.0494. The normalized spacial score (nSPS) is 11.2. The fourth-order valence-corrected chi connectivity index (χ4v) is 4.07. The number of aliphatic hydroxyl groups is 1. The number of nitrogens with zero attached hydrogens (tertiary/aromatic N) is 4. The zero-order valence-corrected chi connectivity index (χ0v) is 21.1. The van der Waals surface area contributed by atoms with Crippen molar-refractivity contribution in [3.05, 3.63) is 84.4 Å². The summed E-state index contributed by atoms with van der Waals surface area (Å²) in [6.07, 6.45) is 6.67. The number of amides is 1. The number of ether oxygens (including phenoxy) is 2. The monoisotopic (exact) mass is 549 g/mol. The van der Waals surface area contributed by atoms with Crippen LogP contribution in [-0.4, -0.2) is 62.1 Å². The molecule has 0 spiro atoms. The van der Waals surface area contributed by atoms with Crippen LogP contribution in [0.1, 0.15) is 15.9 Å². The molecule has 0 bridgehead atoms. The SMILES string of the molecule is O=C(Nc1cn[nH]c1-c1cc(Oc2cccc(CCNCCO)c2)ccc1OC(F)F)c1cnn2cccnc12. The Bertz CT molecular complexity index is 1600. The lowest BCUT2D eigenvalue weighted by Crippen LogP contribution is -2.20. The standard InChI is InChI=1S/C27H25F2N7O4/c28-27(29)40-23-6-5-19(39-18-4-1-3-17(13-18)7-9-30-10-12-37)14-20(23)24-22(16-32-35-24)34-26(38)21-15-33-36-11-2-8-31-25(21)36/h1-6,8,11,13-16,27,30,37H,7,9-10,12H2,(H,32,35)(H,34,38). The number of rotatable bonds is 12. The quantitative estimate of drug-likeness (QED) is 0.172. The second kappa shape index (κ2) is 12.3.